The highest BCUT2D eigenvalue weighted by Gasteiger charge is 2.47. The summed E-state index contributed by atoms with van der Waals surface area (Å²) >= 11 is 0. The van der Waals surface area contributed by atoms with E-state index in [0.29, 0.717) is 19.3 Å². The number of aliphatic hydroxyl groups is 5. The molecule has 1 heterocycles. The molecule has 0 aromatic rings. The molecular formula is C69H133NO10. The predicted molar refractivity (Wildman–Crippen MR) is 334 cm³/mol. The Labute approximate surface area is 493 Å². The Bertz CT molecular complexity index is 1350. The monoisotopic (exact) mass is 1140 g/mol. The van der Waals surface area contributed by atoms with Gasteiger partial charge >= 0.3 is 5.97 Å². The van der Waals surface area contributed by atoms with Gasteiger partial charge < -0.3 is 45.1 Å². The van der Waals surface area contributed by atoms with Crippen molar-refractivity contribution in [3.63, 3.8) is 0 Å². The smallest absolute Gasteiger partial charge is 0.306 e. The van der Waals surface area contributed by atoms with E-state index in [0.717, 1.165) is 57.8 Å². The highest BCUT2D eigenvalue weighted by atomic mass is 16.7. The van der Waals surface area contributed by atoms with Crippen LogP contribution in [0.5, 0.6) is 0 Å². The first-order valence-electron chi connectivity index (χ1n) is 35.0. The largest absolute Gasteiger partial charge is 0.454 e. The van der Waals surface area contributed by atoms with Crippen LogP contribution in [0.4, 0.5) is 0 Å². The summed E-state index contributed by atoms with van der Waals surface area (Å²) in [6.45, 7) is 5.85. The lowest BCUT2D eigenvalue weighted by Gasteiger charge is -2.41. The van der Waals surface area contributed by atoms with Crippen LogP contribution < -0.4 is 5.32 Å². The van der Waals surface area contributed by atoms with E-state index in [-0.39, 0.29) is 13.0 Å². The van der Waals surface area contributed by atoms with E-state index >= 15 is 0 Å². The predicted octanol–water partition coefficient (Wildman–Crippen LogP) is 17.5. The van der Waals surface area contributed by atoms with Crippen molar-refractivity contribution in [1.29, 1.82) is 0 Å². The Balaban J connectivity index is 2.58. The molecule has 0 radical (unpaired) electrons. The first kappa shape index (κ1) is 76.4. The minimum absolute atomic E-state index is 0.132. The molecule has 0 aromatic carbocycles. The van der Waals surface area contributed by atoms with Crippen LogP contribution in [-0.4, -0.2) is 99.6 Å². The number of rotatable bonds is 61. The second-order valence-corrected chi connectivity index (χ2v) is 24.6. The van der Waals surface area contributed by atoms with Crippen molar-refractivity contribution in [2.75, 3.05) is 13.2 Å². The number of amides is 1. The van der Waals surface area contributed by atoms with Crippen LogP contribution in [0.25, 0.3) is 0 Å². The molecule has 80 heavy (non-hydrogen) atoms. The van der Waals surface area contributed by atoms with Crippen LogP contribution in [0.3, 0.4) is 0 Å². The topological polar surface area (TPSA) is 175 Å². The van der Waals surface area contributed by atoms with E-state index in [1.807, 2.05) is 6.08 Å². The van der Waals surface area contributed by atoms with Gasteiger partial charge in [-0.25, -0.2) is 0 Å². The minimum Gasteiger partial charge on any atom is -0.454 e. The zero-order chi connectivity index (χ0) is 58.2. The number of aliphatic hydroxyl groups excluding tert-OH is 5. The number of hydrogen-bond donors (Lipinski definition) is 6. The highest BCUT2D eigenvalue weighted by Crippen LogP contribution is 2.26. The van der Waals surface area contributed by atoms with Crippen LogP contribution in [0.15, 0.2) is 12.2 Å². The lowest BCUT2D eigenvalue weighted by atomic mass is 9.99. The molecule has 11 nitrogen and oxygen atoms in total. The van der Waals surface area contributed by atoms with Gasteiger partial charge in [-0.1, -0.05) is 335 Å². The maximum Gasteiger partial charge on any atom is 0.306 e. The molecule has 6 N–H and O–H groups in total. The van der Waals surface area contributed by atoms with Crippen LogP contribution in [0, 0.1) is 0 Å². The number of hydrogen-bond acceptors (Lipinski definition) is 10. The van der Waals surface area contributed by atoms with Crippen molar-refractivity contribution in [2.45, 2.75) is 404 Å². The average Bonchev–Trinajstić information content (AvgIpc) is 3.47. The van der Waals surface area contributed by atoms with E-state index in [1.54, 1.807) is 6.08 Å². The molecule has 1 saturated heterocycles. The third-order valence-electron chi connectivity index (χ3n) is 16.9. The van der Waals surface area contributed by atoms with Crippen LogP contribution in [-0.2, 0) is 23.8 Å². The van der Waals surface area contributed by atoms with E-state index in [1.165, 1.54) is 250 Å². The van der Waals surface area contributed by atoms with Crippen molar-refractivity contribution in [3.05, 3.63) is 12.2 Å². The van der Waals surface area contributed by atoms with Gasteiger partial charge in [0.15, 0.2) is 12.4 Å². The summed E-state index contributed by atoms with van der Waals surface area (Å²) in [5.41, 5.74) is 0. The molecule has 0 saturated carbocycles. The molecule has 0 bridgehead atoms. The van der Waals surface area contributed by atoms with Gasteiger partial charge in [0, 0.05) is 6.42 Å². The molecule has 11 heteroatoms. The van der Waals surface area contributed by atoms with Crippen LogP contribution in [0.2, 0.25) is 0 Å². The molecule has 1 amide bonds. The van der Waals surface area contributed by atoms with E-state index in [2.05, 4.69) is 26.1 Å². The molecule has 0 spiro atoms. The number of allylic oxidation sites excluding steroid dienone is 1. The van der Waals surface area contributed by atoms with Gasteiger partial charge in [0.05, 0.1) is 25.4 Å². The zero-order valence-corrected chi connectivity index (χ0v) is 52.7. The third-order valence-corrected chi connectivity index (χ3v) is 16.9. The Kier molecular flexibility index (Phi) is 55.2. The molecule has 1 aliphatic heterocycles. The summed E-state index contributed by atoms with van der Waals surface area (Å²) in [6, 6.07) is -1.02. The molecule has 1 fully saturated rings. The number of ether oxygens (including phenoxy) is 3. The fraction of sp³-hybridized carbons (Fsp3) is 0.942. The van der Waals surface area contributed by atoms with Gasteiger partial charge in [-0.15, -0.1) is 0 Å². The van der Waals surface area contributed by atoms with Crippen molar-refractivity contribution >= 4 is 11.9 Å². The Morgan fingerprint density at radius 1 is 0.475 bits per heavy atom. The standard InChI is InChI=1S/C69H133NO10/c1-4-7-10-13-16-19-22-25-27-29-30-31-32-33-35-36-38-41-44-47-50-53-56-62(73)68(77)70-60(61(72)55-52-49-46-43-40-24-21-18-15-12-9-6-3)59-78-69-67(66(76)65(75)63(58-71)79-69)80-64(74)57-54-51-48-45-42-39-37-34-28-26-23-20-17-14-11-8-5-2/h52,55,60-63,65-67,69,71-73,75-76H,4-51,53-54,56-59H2,1-3H3,(H,70,77)/b55-52+. The fourth-order valence-electron chi connectivity index (χ4n) is 11.4. The van der Waals surface area contributed by atoms with Gasteiger partial charge in [-0.05, 0) is 25.7 Å². The summed E-state index contributed by atoms with van der Waals surface area (Å²) in [4.78, 5) is 26.6. The average molecular weight is 1140 g/mol. The van der Waals surface area contributed by atoms with Crippen LogP contribution >= 0.6 is 0 Å². The first-order chi connectivity index (χ1) is 39.2. The zero-order valence-electron chi connectivity index (χ0n) is 52.7. The first-order valence-corrected chi connectivity index (χ1v) is 35.0. The Hall–Kier alpha value is -1.60. The Morgan fingerprint density at radius 2 is 0.812 bits per heavy atom. The molecule has 474 valence electrons. The van der Waals surface area contributed by atoms with E-state index in [4.69, 9.17) is 14.2 Å². The normalized spacial score (nSPS) is 18.7. The number of carbonyl (C=O) groups is 2. The summed E-state index contributed by atoms with van der Waals surface area (Å²) in [6.07, 6.45) is 56.8. The lowest BCUT2D eigenvalue weighted by Crippen LogP contribution is -2.61. The molecule has 1 aliphatic rings. The number of esters is 1. The van der Waals surface area contributed by atoms with Gasteiger partial charge in [0.25, 0.3) is 0 Å². The summed E-state index contributed by atoms with van der Waals surface area (Å²) in [7, 11) is 0. The van der Waals surface area contributed by atoms with Crippen molar-refractivity contribution in [2.24, 2.45) is 0 Å². The molecule has 1 rings (SSSR count). The SMILES string of the molecule is CCCCCCCCCCCC/C=C/C(O)C(COC1OC(CO)C(O)C(O)C1OC(=O)CCCCCCCCCCCCCCCCCCC)NC(=O)C(O)CCCCCCCCCCCCCCCCCCCCCCCC. The third kappa shape index (κ3) is 44.9. The minimum atomic E-state index is -1.61. The second-order valence-electron chi connectivity index (χ2n) is 24.6. The maximum atomic E-state index is 13.5. The molecular weight excluding hydrogens is 1000 g/mol. The fourth-order valence-corrected chi connectivity index (χ4v) is 11.4. The Morgan fingerprint density at radius 3 is 1.18 bits per heavy atom. The number of carbonyl (C=O) groups excluding carboxylic acids is 2. The van der Waals surface area contributed by atoms with Crippen molar-refractivity contribution in [3.8, 4) is 0 Å². The van der Waals surface area contributed by atoms with Gasteiger partial charge in [-0.3, -0.25) is 9.59 Å². The van der Waals surface area contributed by atoms with Crippen molar-refractivity contribution < 1.29 is 49.3 Å². The molecule has 8 unspecified atom stereocenters. The highest BCUT2D eigenvalue weighted by molar-refractivity contribution is 5.80. The summed E-state index contributed by atoms with van der Waals surface area (Å²) < 4.78 is 17.7. The van der Waals surface area contributed by atoms with Gasteiger partial charge in [0.2, 0.25) is 5.91 Å². The second kappa shape index (κ2) is 57.8. The van der Waals surface area contributed by atoms with E-state index in [9.17, 15) is 35.1 Å². The van der Waals surface area contributed by atoms with Crippen molar-refractivity contribution in [1.82, 2.24) is 5.32 Å². The molecule has 8 atom stereocenters. The lowest BCUT2D eigenvalue weighted by molar-refractivity contribution is -0.305. The maximum absolute atomic E-state index is 13.5. The number of nitrogens with one attached hydrogen (secondary N) is 1. The van der Waals surface area contributed by atoms with Gasteiger partial charge in [0.1, 0.15) is 24.4 Å². The number of unbranched alkanes of at least 4 members (excludes halogenated alkanes) is 47. The van der Waals surface area contributed by atoms with E-state index < -0.39 is 67.4 Å². The molecule has 0 aliphatic carbocycles. The molecule has 0 aromatic heterocycles. The quantitative estimate of drug-likeness (QED) is 0.0195. The summed E-state index contributed by atoms with van der Waals surface area (Å²) in [5.74, 6) is -1.17. The van der Waals surface area contributed by atoms with Crippen LogP contribution in [0.1, 0.15) is 355 Å². The summed E-state index contributed by atoms with van der Waals surface area (Å²) in [5, 5.41) is 57.2. The van der Waals surface area contributed by atoms with Gasteiger partial charge in [-0.2, -0.15) is 0 Å².